The Hall–Kier alpha value is -3.51. The lowest BCUT2D eigenvalue weighted by atomic mass is 10.0. The van der Waals surface area contributed by atoms with Crippen molar-refractivity contribution in [1.29, 1.82) is 0 Å². The first-order chi connectivity index (χ1) is 17.6. The summed E-state index contributed by atoms with van der Waals surface area (Å²) >= 11 is 0. The number of carbonyl (C=O) groups is 5. The maximum Gasteiger partial charge on any atom is 0.326 e. The highest BCUT2D eigenvalue weighted by Gasteiger charge is 2.38. The molecule has 1 fully saturated rings. The molecule has 0 radical (unpaired) electrons. The van der Waals surface area contributed by atoms with Gasteiger partial charge in [0.15, 0.2) is 0 Å². The second kappa shape index (κ2) is 14.9. The molecular weight excluding hydrogens is 482 g/mol. The summed E-state index contributed by atoms with van der Waals surface area (Å²) in [5, 5.41) is 23.7. The number of nitrogens with two attached hydrogens (primary N) is 2. The molecule has 1 heterocycles. The van der Waals surface area contributed by atoms with Crippen LogP contribution in [-0.2, 0) is 30.4 Å². The van der Waals surface area contributed by atoms with Crippen LogP contribution in [0.3, 0.4) is 0 Å². The Morgan fingerprint density at radius 2 is 1.65 bits per heavy atom. The average molecular weight is 520 g/mol. The Morgan fingerprint density at radius 1 is 0.973 bits per heavy atom. The number of nitrogens with zero attached hydrogens (tertiary/aromatic N) is 1. The van der Waals surface area contributed by atoms with Gasteiger partial charge in [0.05, 0.1) is 6.04 Å². The number of amides is 3. The van der Waals surface area contributed by atoms with Crippen LogP contribution < -0.4 is 22.1 Å². The zero-order valence-electron chi connectivity index (χ0n) is 20.8. The summed E-state index contributed by atoms with van der Waals surface area (Å²) < 4.78 is 0. The fourth-order valence-corrected chi connectivity index (χ4v) is 4.29. The monoisotopic (exact) mass is 519 g/mol. The molecule has 2 rings (SSSR count). The molecule has 4 atom stereocenters. The van der Waals surface area contributed by atoms with Crippen molar-refractivity contribution in [2.75, 3.05) is 13.1 Å². The minimum absolute atomic E-state index is 0.212. The molecular formula is C25H37N5O7. The molecule has 0 aliphatic carbocycles. The number of likely N-dealkylation sites (tertiary alicyclic amines) is 1. The number of rotatable bonds is 15. The normalized spacial score (nSPS) is 17.5. The molecule has 37 heavy (non-hydrogen) atoms. The average Bonchev–Trinajstić information content (AvgIpc) is 3.36. The van der Waals surface area contributed by atoms with E-state index in [1.807, 2.05) is 18.2 Å². The number of carboxylic acids is 2. The SMILES string of the molecule is NCCCCC(NC(=O)C(CCC(=O)O)NC(=O)C(N)Cc1ccccc1)C(=O)N1CCCC1C(=O)O. The molecule has 1 aromatic carbocycles. The zero-order chi connectivity index (χ0) is 27.4. The predicted octanol–water partition coefficient (Wildman–Crippen LogP) is -0.405. The molecule has 4 unspecified atom stereocenters. The number of nitrogens with one attached hydrogen (secondary N) is 2. The van der Waals surface area contributed by atoms with Gasteiger partial charge in [-0.25, -0.2) is 4.79 Å². The van der Waals surface area contributed by atoms with Crippen LogP contribution in [-0.4, -0.2) is 82.0 Å². The van der Waals surface area contributed by atoms with Gasteiger partial charge in [-0.1, -0.05) is 30.3 Å². The van der Waals surface area contributed by atoms with Crippen molar-refractivity contribution in [3.05, 3.63) is 35.9 Å². The lowest BCUT2D eigenvalue weighted by Crippen LogP contribution is -2.57. The van der Waals surface area contributed by atoms with E-state index in [2.05, 4.69) is 10.6 Å². The van der Waals surface area contributed by atoms with Crippen LogP contribution in [0.5, 0.6) is 0 Å². The summed E-state index contributed by atoms with van der Waals surface area (Å²) in [5.41, 5.74) is 12.4. The van der Waals surface area contributed by atoms with Crippen molar-refractivity contribution < 1.29 is 34.2 Å². The zero-order valence-corrected chi connectivity index (χ0v) is 20.8. The Morgan fingerprint density at radius 3 is 2.27 bits per heavy atom. The Kier molecular flexibility index (Phi) is 12.0. The Balaban J connectivity index is 2.14. The standard InChI is InChI=1S/C25H37N5O7/c26-13-5-4-9-19(24(35)30-14-6-10-20(30)25(36)37)29-23(34)18(11-12-21(31)32)28-22(33)17(27)15-16-7-2-1-3-8-16/h1-3,7-8,17-20H,4-6,9-15,26-27H2,(H,28,33)(H,29,34)(H,31,32)(H,36,37). The maximum atomic E-state index is 13.2. The van der Waals surface area contributed by atoms with Gasteiger partial charge >= 0.3 is 11.9 Å². The molecule has 1 aliphatic rings. The van der Waals surface area contributed by atoms with E-state index < -0.39 is 60.2 Å². The second-order valence-corrected chi connectivity index (χ2v) is 9.16. The van der Waals surface area contributed by atoms with Gasteiger partial charge in [-0.05, 0) is 57.1 Å². The number of carboxylic acid groups (broad SMARTS) is 2. The van der Waals surface area contributed by atoms with E-state index in [1.54, 1.807) is 12.1 Å². The lowest BCUT2D eigenvalue weighted by Gasteiger charge is -2.29. The van der Waals surface area contributed by atoms with Crippen molar-refractivity contribution in [3.8, 4) is 0 Å². The van der Waals surface area contributed by atoms with Crippen LogP contribution in [0.15, 0.2) is 30.3 Å². The molecule has 1 saturated heterocycles. The van der Waals surface area contributed by atoms with Crippen LogP contribution in [0.2, 0.25) is 0 Å². The van der Waals surface area contributed by atoms with E-state index in [9.17, 15) is 29.1 Å². The van der Waals surface area contributed by atoms with E-state index in [-0.39, 0.29) is 25.8 Å². The first-order valence-electron chi connectivity index (χ1n) is 12.5. The summed E-state index contributed by atoms with van der Waals surface area (Å²) in [6.45, 7) is 0.638. The second-order valence-electron chi connectivity index (χ2n) is 9.16. The van der Waals surface area contributed by atoms with Crippen LogP contribution in [0, 0.1) is 0 Å². The third kappa shape index (κ3) is 9.47. The quantitative estimate of drug-likeness (QED) is 0.166. The highest BCUT2D eigenvalue weighted by atomic mass is 16.4. The predicted molar refractivity (Wildman–Crippen MR) is 134 cm³/mol. The van der Waals surface area contributed by atoms with E-state index in [0.717, 1.165) is 5.56 Å². The minimum atomic E-state index is -1.25. The van der Waals surface area contributed by atoms with E-state index in [4.69, 9.17) is 16.6 Å². The van der Waals surface area contributed by atoms with Crippen molar-refractivity contribution in [2.24, 2.45) is 11.5 Å². The number of carbonyl (C=O) groups excluding carboxylic acids is 3. The molecule has 12 nitrogen and oxygen atoms in total. The lowest BCUT2D eigenvalue weighted by molar-refractivity contribution is -0.149. The fourth-order valence-electron chi connectivity index (χ4n) is 4.29. The number of aliphatic carboxylic acids is 2. The van der Waals surface area contributed by atoms with Crippen LogP contribution >= 0.6 is 0 Å². The van der Waals surface area contributed by atoms with Gasteiger partial charge < -0.3 is 37.2 Å². The van der Waals surface area contributed by atoms with E-state index in [1.165, 1.54) is 4.90 Å². The van der Waals surface area contributed by atoms with Gasteiger partial charge in [-0.2, -0.15) is 0 Å². The van der Waals surface area contributed by atoms with Crippen LogP contribution in [0.4, 0.5) is 0 Å². The molecule has 204 valence electrons. The largest absolute Gasteiger partial charge is 0.481 e. The first kappa shape index (κ1) is 29.7. The van der Waals surface area contributed by atoms with Crippen molar-refractivity contribution >= 4 is 29.7 Å². The van der Waals surface area contributed by atoms with Gasteiger partial charge in [0.25, 0.3) is 0 Å². The molecule has 0 saturated carbocycles. The van der Waals surface area contributed by atoms with Gasteiger partial charge in [0, 0.05) is 13.0 Å². The number of hydrogen-bond donors (Lipinski definition) is 6. The molecule has 0 bridgehead atoms. The molecule has 12 heteroatoms. The fraction of sp³-hybridized carbons (Fsp3) is 0.560. The summed E-state index contributed by atoms with van der Waals surface area (Å²) in [5.74, 6) is -4.17. The van der Waals surface area contributed by atoms with Gasteiger partial charge in [0.2, 0.25) is 17.7 Å². The van der Waals surface area contributed by atoms with Crippen molar-refractivity contribution in [1.82, 2.24) is 15.5 Å². The van der Waals surface area contributed by atoms with Gasteiger partial charge in [0.1, 0.15) is 18.1 Å². The molecule has 0 spiro atoms. The Bertz CT molecular complexity index is 943. The highest BCUT2D eigenvalue weighted by Crippen LogP contribution is 2.20. The Labute approximate surface area is 215 Å². The number of hydrogen-bond acceptors (Lipinski definition) is 7. The smallest absolute Gasteiger partial charge is 0.326 e. The topological polar surface area (TPSA) is 205 Å². The summed E-state index contributed by atoms with van der Waals surface area (Å²) in [6.07, 6.45) is 1.77. The molecule has 8 N–H and O–H groups in total. The van der Waals surface area contributed by atoms with Crippen LogP contribution in [0.1, 0.15) is 50.5 Å². The van der Waals surface area contributed by atoms with Crippen molar-refractivity contribution in [2.45, 2.75) is 75.5 Å². The number of benzene rings is 1. The molecule has 0 aromatic heterocycles. The number of unbranched alkanes of at least 4 members (excludes halogenated alkanes) is 1. The maximum absolute atomic E-state index is 13.2. The molecule has 1 aromatic rings. The summed E-state index contributed by atoms with van der Waals surface area (Å²) in [6, 6.07) is 4.81. The highest BCUT2D eigenvalue weighted by molar-refractivity contribution is 5.94. The van der Waals surface area contributed by atoms with E-state index >= 15 is 0 Å². The van der Waals surface area contributed by atoms with Crippen LogP contribution in [0.25, 0.3) is 0 Å². The third-order valence-electron chi connectivity index (χ3n) is 6.30. The van der Waals surface area contributed by atoms with Gasteiger partial charge in [-0.15, -0.1) is 0 Å². The van der Waals surface area contributed by atoms with Crippen molar-refractivity contribution in [3.63, 3.8) is 0 Å². The van der Waals surface area contributed by atoms with E-state index in [0.29, 0.717) is 32.2 Å². The molecule has 3 amide bonds. The summed E-state index contributed by atoms with van der Waals surface area (Å²) in [7, 11) is 0. The summed E-state index contributed by atoms with van der Waals surface area (Å²) in [4.78, 5) is 63.2. The minimum Gasteiger partial charge on any atom is -0.481 e. The first-order valence-corrected chi connectivity index (χ1v) is 12.5. The molecule has 1 aliphatic heterocycles. The van der Waals surface area contributed by atoms with Gasteiger partial charge in [-0.3, -0.25) is 19.2 Å². The third-order valence-corrected chi connectivity index (χ3v) is 6.30.